The molecule has 2 heterocycles. The van der Waals surface area contributed by atoms with Crippen LogP contribution >= 0.6 is 0 Å². The molecule has 1 saturated heterocycles. The van der Waals surface area contributed by atoms with E-state index in [1.54, 1.807) is 6.07 Å². The molecule has 1 unspecified atom stereocenters. The number of piperidine rings is 1. The molecular weight excluding hydrogens is 262 g/mol. The van der Waals surface area contributed by atoms with Crippen molar-refractivity contribution in [2.24, 2.45) is 5.92 Å². The number of aryl methyl sites for hydroxylation is 1. The quantitative estimate of drug-likeness (QED) is 0.869. The van der Waals surface area contributed by atoms with Crippen molar-refractivity contribution in [3.05, 3.63) is 40.1 Å². The Morgan fingerprint density at radius 1 is 1.29 bits per heavy atom. The molecule has 0 amide bonds. The van der Waals surface area contributed by atoms with Crippen LogP contribution in [-0.2, 0) is 0 Å². The maximum absolute atomic E-state index is 11.6. The highest BCUT2D eigenvalue weighted by Crippen LogP contribution is 2.28. The van der Waals surface area contributed by atoms with Crippen LogP contribution in [0.1, 0.15) is 49.5 Å². The van der Waals surface area contributed by atoms with Gasteiger partial charge in [0.15, 0.2) is 0 Å². The van der Waals surface area contributed by atoms with Crippen LogP contribution in [0.15, 0.2) is 23.0 Å². The van der Waals surface area contributed by atoms with E-state index in [0.717, 1.165) is 43.4 Å². The van der Waals surface area contributed by atoms with Crippen molar-refractivity contribution < 1.29 is 0 Å². The molecule has 1 atom stereocenters. The molecule has 4 heteroatoms. The van der Waals surface area contributed by atoms with E-state index in [-0.39, 0.29) is 5.56 Å². The lowest BCUT2D eigenvalue weighted by atomic mass is 9.90. The van der Waals surface area contributed by atoms with Gasteiger partial charge in [0.05, 0.1) is 5.69 Å². The summed E-state index contributed by atoms with van der Waals surface area (Å²) in [5.74, 6) is 2.02. The van der Waals surface area contributed by atoms with E-state index in [2.05, 4.69) is 27.0 Å². The van der Waals surface area contributed by atoms with Crippen LogP contribution in [0.25, 0.3) is 0 Å². The Hall–Kier alpha value is -1.42. The van der Waals surface area contributed by atoms with Gasteiger partial charge in [-0.05, 0) is 58.0 Å². The first-order chi connectivity index (χ1) is 10.2. The maximum atomic E-state index is 11.6. The van der Waals surface area contributed by atoms with Crippen molar-refractivity contribution >= 4 is 0 Å². The van der Waals surface area contributed by atoms with Crippen molar-refractivity contribution in [3.63, 3.8) is 0 Å². The van der Waals surface area contributed by atoms with Gasteiger partial charge in [0.2, 0.25) is 0 Å². The minimum atomic E-state index is -0.0195. The largest absolute Gasteiger partial charge is 0.311 e. The minimum Gasteiger partial charge on any atom is -0.311 e. The van der Waals surface area contributed by atoms with E-state index in [4.69, 9.17) is 0 Å². The van der Waals surface area contributed by atoms with Crippen LogP contribution in [0.3, 0.4) is 0 Å². The molecule has 1 aliphatic heterocycles. The average Bonchev–Trinajstić information content (AvgIpc) is 2.48. The topological polar surface area (TPSA) is 49.0 Å². The molecule has 0 saturated carbocycles. The van der Waals surface area contributed by atoms with Gasteiger partial charge in [-0.2, -0.15) is 0 Å². The summed E-state index contributed by atoms with van der Waals surface area (Å²) in [6.07, 6.45) is 10.7. The molecular formula is C17H25N3O. The molecule has 0 bridgehead atoms. The van der Waals surface area contributed by atoms with E-state index < -0.39 is 0 Å². The van der Waals surface area contributed by atoms with Gasteiger partial charge in [0.1, 0.15) is 5.82 Å². The molecule has 114 valence electrons. The van der Waals surface area contributed by atoms with Crippen LogP contribution in [0, 0.1) is 12.8 Å². The number of aromatic nitrogens is 2. The monoisotopic (exact) mass is 287 g/mol. The van der Waals surface area contributed by atoms with Gasteiger partial charge in [-0.15, -0.1) is 0 Å². The highest BCUT2D eigenvalue weighted by atomic mass is 16.1. The van der Waals surface area contributed by atoms with E-state index in [0.29, 0.717) is 5.92 Å². The number of hydrogen-bond acceptors (Lipinski definition) is 3. The summed E-state index contributed by atoms with van der Waals surface area (Å²) in [7, 11) is 0. The molecule has 1 aliphatic carbocycles. The number of hydrogen-bond donors (Lipinski definition) is 1. The summed E-state index contributed by atoms with van der Waals surface area (Å²) in [6.45, 7) is 5.37. The smallest absolute Gasteiger partial charge is 0.251 e. The standard InChI is InChI=1S/C17H25N3O/c1-13-18-16(11-17(21)19-13)15-7-9-20(10-8-15)12-14-5-3-2-4-6-14/h2-3,11,14-15H,4-10,12H2,1H3,(H,18,19,21). The van der Waals surface area contributed by atoms with Crippen molar-refractivity contribution in [3.8, 4) is 0 Å². The fourth-order valence-electron chi connectivity index (χ4n) is 3.61. The highest BCUT2D eigenvalue weighted by Gasteiger charge is 2.24. The van der Waals surface area contributed by atoms with Crippen molar-refractivity contribution in [1.29, 1.82) is 0 Å². The zero-order valence-corrected chi connectivity index (χ0v) is 12.8. The lowest BCUT2D eigenvalue weighted by Gasteiger charge is -2.34. The molecule has 2 aliphatic rings. The third-order valence-corrected chi connectivity index (χ3v) is 4.78. The summed E-state index contributed by atoms with van der Waals surface area (Å²) in [4.78, 5) is 21.4. The zero-order valence-electron chi connectivity index (χ0n) is 12.8. The highest BCUT2D eigenvalue weighted by molar-refractivity contribution is 5.09. The molecule has 0 spiro atoms. The van der Waals surface area contributed by atoms with E-state index in [1.807, 2.05) is 6.92 Å². The van der Waals surface area contributed by atoms with Crippen molar-refractivity contribution in [2.75, 3.05) is 19.6 Å². The van der Waals surface area contributed by atoms with E-state index in [1.165, 1.54) is 25.8 Å². The minimum absolute atomic E-state index is 0.0195. The number of nitrogens with zero attached hydrogens (tertiary/aromatic N) is 2. The lowest BCUT2D eigenvalue weighted by Crippen LogP contribution is -2.37. The first kappa shape index (κ1) is 14.5. The Morgan fingerprint density at radius 3 is 2.76 bits per heavy atom. The lowest BCUT2D eigenvalue weighted by molar-refractivity contribution is 0.176. The van der Waals surface area contributed by atoms with Crippen LogP contribution in [-0.4, -0.2) is 34.5 Å². The number of likely N-dealkylation sites (tertiary alicyclic amines) is 1. The predicted molar refractivity (Wildman–Crippen MR) is 84.5 cm³/mol. The van der Waals surface area contributed by atoms with Gasteiger partial charge < -0.3 is 9.88 Å². The van der Waals surface area contributed by atoms with Gasteiger partial charge in [0.25, 0.3) is 5.56 Å². The Morgan fingerprint density at radius 2 is 2.10 bits per heavy atom. The Balaban J connectivity index is 1.54. The first-order valence-electron chi connectivity index (χ1n) is 8.16. The summed E-state index contributed by atoms with van der Waals surface area (Å²) < 4.78 is 0. The number of rotatable bonds is 3. The fraction of sp³-hybridized carbons (Fsp3) is 0.647. The molecule has 0 aromatic carbocycles. The summed E-state index contributed by atoms with van der Waals surface area (Å²) in [6, 6.07) is 1.68. The third-order valence-electron chi connectivity index (χ3n) is 4.78. The summed E-state index contributed by atoms with van der Waals surface area (Å²) >= 11 is 0. The Labute approximate surface area is 126 Å². The second-order valence-electron chi connectivity index (χ2n) is 6.48. The zero-order chi connectivity index (χ0) is 14.7. The molecule has 3 rings (SSSR count). The fourth-order valence-corrected chi connectivity index (χ4v) is 3.61. The van der Waals surface area contributed by atoms with Crippen molar-refractivity contribution in [2.45, 2.75) is 44.9 Å². The number of nitrogens with one attached hydrogen (secondary N) is 1. The molecule has 1 fully saturated rings. The van der Waals surface area contributed by atoms with E-state index >= 15 is 0 Å². The molecule has 4 nitrogen and oxygen atoms in total. The number of aromatic amines is 1. The maximum Gasteiger partial charge on any atom is 0.251 e. The van der Waals surface area contributed by atoms with Crippen molar-refractivity contribution in [1.82, 2.24) is 14.9 Å². The molecule has 1 aromatic heterocycles. The van der Waals surface area contributed by atoms with Crippen LogP contribution in [0.2, 0.25) is 0 Å². The second-order valence-corrected chi connectivity index (χ2v) is 6.48. The first-order valence-corrected chi connectivity index (χ1v) is 8.16. The van der Waals surface area contributed by atoms with Gasteiger partial charge in [-0.1, -0.05) is 12.2 Å². The third kappa shape index (κ3) is 3.82. The van der Waals surface area contributed by atoms with Crippen LogP contribution in [0.4, 0.5) is 0 Å². The van der Waals surface area contributed by atoms with Gasteiger partial charge in [-0.3, -0.25) is 4.79 Å². The Kier molecular flexibility index (Phi) is 4.54. The number of H-pyrrole nitrogens is 1. The van der Waals surface area contributed by atoms with Gasteiger partial charge in [-0.25, -0.2) is 4.98 Å². The van der Waals surface area contributed by atoms with Crippen LogP contribution < -0.4 is 5.56 Å². The summed E-state index contributed by atoms with van der Waals surface area (Å²) in [5.41, 5.74) is 0.963. The Bertz CT molecular complexity index is 555. The molecule has 1 N–H and O–H groups in total. The van der Waals surface area contributed by atoms with Gasteiger partial charge >= 0.3 is 0 Å². The normalized spacial score (nSPS) is 24.3. The predicted octanol–water partition coefficient (Wildman–Crippen LogP) is 2.61. The van der Waals surface area contributed by atoms with Gasteiger partial charge in [0, 0.05) is 18.5 Å². The average molecular weight is 287 g/mol. The molecule has 1 aromatic rings. The second kappa shape index (κ2) is 6.56. The summed E-state index contributed by atoms with van der Waals surface area (Å²) in [5, 5.41) is 0. The molecule has 21 heavy (non-hydrogen) atoms. The van der Waals surface area contributed by atoms with Crippen LogP contribution in [0.5, 0.6) is 0 Å². The van der Waals surface area contributed by atoms with E-state index in [9.17, 15) is 4.79 Å². The SMILES string of the molecule is Cc1nc(C2CCN(CC3CC=CCC3)CC2)cc(=O)[nH]1. The molecule has 0 radical (unpaired) electrons. The number of allylic oxidation sites excluding steroid dienone is 2.